The van der Waals surface area contributed by atoms with E-state index in [1.165, 1.54) is 55.9 Å². The summed E-state index contributed by atoms with van der Waals surface area (Å²) in [5.41, 5.74) is 2.67. The maximum Gasteiger partial charge on any atom is 0.573 e. The van der Waals surface area contributed by atoms with Gasteiger partial charge in [0.2, 0.25) is 0 Å². The van der Waals surface area contributed by atoms with E-state index in [2.05, 4.69) is 28.2 Å². The van der Waals surface area contributed by atoms with Gasteiger partial charge >= 0.3 is 6.36 Å². The van der Waals surface area contributed by atoms with Gasteiger partial charge in [0, 0.05) is 5.56 Å². The molecule has 2 aromatic rings. The third-order valence-electron chi connectivity index (χ3n) is 4.59. The van der Waals surface area contributed by atoms with Crippen LogP contribution in [0.15, 0.2) is 53.7 Å². The van der Waals surface area contributed by atoms with Gasteiger partial charge in [-0.15, -0.1) is 13.2 Å². The minimum absolute atomic E-state index is 0.0300. The molecule has 0 atom stereocenters. The van der Waals surface area contributed by atoms with Crippen molar-refractivity contribution >= 4 is 6.21 Å². The zero-order chi connectivity index (χ0) is 19.1. The Kier molecular flexibility index (Phi) is 6.37. The van der Waals surface area contributed by atoms with Crippen LogP contribution >= 0.6 is 0 Å². The highest BCUT2D eigenvalue weighted by Crippen LogP contribution is 2.32. The SMILES string of the molecule is FC(F)(F)Oc1cccc(CON=[C]c2ccc(C3CCCCC3)cc2)c1. The van der Waals surface area contributed by atoms with Crippen LogP contribution in [0.2, 0.25) is 0 Å². The summed E-state index contributed by atoms with van der Waals surface area (Å²) in [5, 5.41) is 3.77. The van der Waals surface area contributed by atoms with E-state index in [1.807, 2.05) is 12.1 Å². The predicted molar refractivity (Wildman–Crippen MR) is 96.7 cm³/mol. The lowest BCUT2D eigenvalue weighted by Gasteiger charge is -2.21. The van der Waals surface area contributed by atoms with E-state index in [0.29, 0.717) is 11.5 Å². The molecule has 0 N–H and O–H groups in total. The van der Waals surface area contributed by atoms with Gasteiger partial charge in [0.1, 0.15) is 18.6 Å². The number of nitrogens with zero attached hydrogens (tertiary/aromatic N) is 1. The summed E-state index contributed by atoms with van der Waals surface area (Å²) >= 11 is 0. The Bertz CT molecular complexity index is 751. The average Bonchev–Trinajstić information content (AvgIpc) is 2.65. The Labute approximate surface area is 156 Å². The largest absolute Gasteiger partial charge is 0.573 e. The van der Waals surface area contributed by atoms with Crippen LogP contribution < -0.4 is 4.74 Å². The third kappa shape index (κ3) is 6.31. The van der Waals surface area contributed by atoms with Crippen molar-refractivity contribution in [2.24, 2.45) is 5.16 Å². The smallest absolute Gasteiger partial charge is 0.406 e. The van der Waals surface area contributed by atoms with Crippen LogP contribution in [0.5, 0.6) is 5.75 Å². The van der Waals surface area contributed by atoms with E-state index in [9.17, 15) is 13.2 Å². The summed E-state index contributed by atoms with van der Waals surface area (Å²) in [4.78, 5) is 5.13. The van der Waals surface area contributed by atoms with Crippen molar-refractivity contribution in [2.75, 3.05) is 0 Å². The van der Waals surface area contributed by atoms with E-state index in [4.69, 9.17) is 4.84 Å². The molecular weight excluding hydrogens is 355 g/mol. The second-order valence-electron chi connectivity index (χ2n) is 6.63. The summed E-state index contributed by atoms with van der Waals surface area (Å²) < 4.78 is 40.6. The van der Waals surface area contributed by atoms with Crippen LogP contribution in [0.3, 0.4) is 0 Å². The number of ether oxygens (including phenoxy) is 1. The molecule has 0 aromatic heterocycles. The first kappa shape index (κ1) is 19.3. The second kappa shape index (κ2) is 8.93. The zero-order valence-electron chi connectivity index (χ0n) is 14.8. The van der Waals surface area contributed by atoms with Crippen LogP contribution in [0.4, 0.5) is 13.2 Å². The highest BCUT2D eigenvalue weighted by atomic mass is 19.4. The molecule has 2 aromatic carbocycles. The van der Waals surface area contributed by atoms with Crippen molar-refractivity contribution in [3.05, 3.63) is 65.2 Å². The van der Waals surface area contributed by atoms with Crippen molar-refractivity contribution in [2.45, 2.75) is 51.0 Å². The molecule has 3 nitrogen and oxygen atoms in total. The Morgan fingerprint density at radius 3 is 2.44 bits per heavy atom. The maximum absolute atomic E-state index is 12.2. The number of halogens is 3. The number of rotatable bonds is 6. The fourth-order valence-electron chi connectivity index (χ4n) is 3.29. The number of alkyl halides is 3. The Morgan fingerprint density at radius 1 is 1.00 bits per heavy atom. The van der Waals surface area contributed by atoms with Crippen molar-refractivity contribution in [1.82, 2.24) is 0 Å². The van der Waals surface area contributed by atoms with Crippen LogP contribution in [0.25, 0.3) is 0 Å². The molecule has 6 heteroatoms. The maximum atomic E-state index is 12.2. The van der Waals surface area contributed by atoms with Crippen molar-refractivity contribution < 1.29 is 22.7 Å². The molecule has 1 aliphatic rings. The van der Waals surface area contributed by atoms with Crippen LogP contribution in [0.1, 0.15) is 54.7 Å². The van der Waals surface area contributed by atoms with Gasteiger partial charge in [0.15, 0.2) is 0 Å². The Morgan fingerprint density at radius 2 is 1.74 bits per heavy atom. The summed E-state index contributed by atoms with van der Waals surface area (Å²) in [6.45, 7) is 0.0300. The summed E-state index contributed by atoms with van der Waals surface area (Å²) in [7, 11) is 0. The lowest BCUT2D eigenvalue weighted by molar-refractivity contribution is -0.274. The van der Waals surface area contributed by atoms with Crippen molar-refractivity contribution in [1.29, 1.82) is 0 Å². The lowest BCUT2D eigenvalue weighted by atomic mass is 9.84. The average molecular weight is 376 g/mol. The minimum atomic E-state index is -4.71. The zero-order valence-corrected chi connectivity index (χ0v) is 14.8. The minimum Gasteiger partial charge on any atom is -0.406 e. The molecule has 0 amide bonds. The van der Waals surface area contributed by atoms with Crippen molar-refractivity contribution in [3.8, 4) is 5.75 Å². The number of hydrogen-bond donors (Lipinski definition) is 0. The molecule has 27 heavy (non-hydrogen) atoms. The van der Waals surface area contributed by atoms with E-state index in [0.717, 1.165) is 5.56 Å². The molecule has 0 bridgehead atoms. The number of benzene rings is 2. The molecular formula is C21H21F3NO2. The van der Waals surface area contributed by atoms with E-state index < -0.39 is 6.36 Å². The van der Waals surface area contributed by atoms with E-state index in [1.54, 1.807) is 6.07 Å². The van der Waals surface area contributed by atoms with Crippen LogP contribution in [-0.2, 0) is 11.4 Å². The second-order valence-corrected chi connectivity index (χ2v) is 6.63. The molecule has 1 fully saturated rings. The van der Waals surface area contributed by atoms with Crippen LogP contribution in [-0.4, -0.2) is 12.6 Å². The van der Waals surface area contributed by atoms with E-state index >= 15 is 0 Å². The lowest BCUT2D eigenvalue weighted by Crippen LogP contribution is -2.17. The molecule has 1 radical (unpaired) electrons. The summed E-state index contributed by atoms with van der Waals surface area (Å²) in [6, 6.07) is 13.7. The van der Waals surface area contributed by atoms with E-state index in [-0.39, 0.29) is 12.4 Å². The highest BCUT2D eigenvalue weighted by molar-refractivity contribution is 5.79. The fraction of sp³-hybridized carbons (Fsp3) is 0.381. The van der Waals surface area contributed by atoms with Gasteiger partial charge in [-0.2, -0.15) is 0 Å². The predicted octanol–water partition coefficient (Wildman–Crippen LogP) is 6.06. The molecule has 1 saturated carbocycles. The first-order valence-corrected chi connectivity index (χ1v) is 9.02. The standard InChI is InChI=1S/C21H21F3NO2/c22-21(23,24)27-20-8-4-5-17(13-20)15-26-25-14-16-9-11-19(12-10-16)18-6-2-1-3-7-18/h4-5,8-13,18H,1-3,6-7,15H2. The summed E-state index contributed by atoms with van der Waals surface area (Å²) in [5.74, 6) is 0.363. The van der Waals surface area contributed by atoms with Gasteiger partial charge in [0.05, 0.1) is 0 Å². The van der Waals surface area contributed by atoms with Gasteiger partial charge in [-0.3, -0.25) is 0 Å². The van der Waals surface area contributed by atoms with Gasteiger partial charge in [-0.05, 0) is 42.0 Å². The molecule has 0 unspecified atom stereocenters. The summed E-state index contributed by atoms with van der Waals surface area (Å²) in [6.07, 6.45) is 4.49. The highest BCUT2D eigenvalue weighted by Gasteiger charge is 2.31. The van der Waals surface area contributed by atoms with Crippen LogP contribution in [0, 0.1) is 0 Å². The van der Waals surface area contributed by atoms with Gasteiger partial charge < -0.3 is 9.57 Å². The molecule has 1 aliphatic carbocycles. The molecule has 0 saturated heterocycles. The Balaban J connectivity index is 1.50. The molecule has 143 valence electrons. The van der Waals surface area contributed by atoms with Gasteiger partial charge in [-0.25, -0.2) is 0 Å². The molecule has 3 rings (SSSR count). The van der Waals surface area contributed by atoms with Crippen molar-refractivity contribution in [3.63, 3.8) is 0 Å². The molecule has 0 aliphatic heterocycles. The van der Waals surface area contributed by atoms with Gasteiger partial charge in [-0.1, -0.05) is 60.8 Å². The fourth-order valence-corrected chi connectivity index (χ4v) is 3.29. The normalized spacial score (nSPS) is 15.8. The molecule has 0 spiro atoms. The first-order valence-electron chi connectivity index (χ1n) is 9.02. The number of hydrogen-bond acceptors (Lipinski definition) is 3. The third-order valence-corrected chi connectivity index (χ3v) is 4.59. The Hall–Kier alpha value is -2.50. The first-order chi connectivity index (χ1) is 13.0. The van der Waals surface area contributed by atoms with Gasteiger partial charge in [0.25, 0.3) is 0 Å². The molecule has 0 heterocycles. The topological polar surface area (TPSA) is 30.8 Å². The monoisotopic (exact) mass is 376 g/mol. The quantitative estimate of drug-likeness (QED) is 0.453.